The van der Waals surface area contributed by atoms with Crippen LogP contribution in [-0.4, -0.2) is 47.8 Å². The molecule has 0 saturated carbocycles. The Morgan fingerprint density at radius 1 is 1.31 bits per heavy atom. The highest BCUT2D eigenvalue weighted by Crippen LogP contribution is 2.27. The molecule has 1 N–H and O–H groups in total. The van der Waals surface area contributed by atoms with Crippen molar-refractivity contribution in [2.45, 2.75) is 45.3 Å². The van der Waals surface area contributed by atoms with Gasteiger partial charge in [-0.05, 0) is 44.7 Å². The number of aryl methyl sites for hydroxylation is 1. The number of imidazole rings is 1. The minimum Gasteiger partial charge on any atom is -0.376 e. The molecule has 3 heterocycles. The molecule has 26 heavy (non-hydrogen) atoms. The second-order valence-corrected chi connectivity index (χ2v) is 7.31. The smallest absolute Gasteiger partial charge is 0.224 e. The molecule has 0 radical (unpaired) electrons. The average molecular weight is 356 g/mol. The van der Waals surface area contributed by atoms with E-state index in [0.717, 1.165) is 68.9 Å². The van der Waals surface area contributed by atoms with Crippen molar-refractivity contribution < 1.29 is 9.53 Å². The van der Waals surface area contributed by atoms with Crippen LogP contribution < -0.4 is 10.2 Å². The molecule has 6 heteroatoms. The molecule has 2 atom stereocenters. The SMILES string of the molecule is CCn1c(N2CCC[C@@H](C(=O)NC[C@H]3CCCO3)C2)nc2ccccc21. The third-order valence-electron chi connectivity index (χ3n) is 5.55. The van der Waals surface area contributed by atoms with E-state index in [1.807, 2.05) is 6.07 Å². The van der Waals surface area contributed by atoms with Crippen LogP contribution in [0.3, 0.4) is 0 Å². The summed E-state index contributed by atoms with van der Waals surface area (Å²) < 4.78 is 7.86. The van der Waals surface area contributed by atoms with Crippen molar-refractivity contribution in [3.63, 3.8) is 0 Å². The van der Waals surface area contributed by atoms with Gasteiger partial charge in [0.25, 0.3) is 0 Å². The second kappa shape index (κ2) is 7.66. The molecule has 1 amide bonds. The first-order valence-corrected chi connectivity index (χ1v) is 9.85. The van der Waals surface area contributed by atoms with Crippen molar-refractivity contribution in [2.24, 2.45) is 5.92 Å². The monoisotopic (exact) mass is 356 g/mol. The third-order valence-corrected chi connectivity index (χ3v) is 5.55. The number of amides is 1. The maximum Gasteiger partial charge on any atom is 0.224 e. The van der Waals surface area contributed by atoms with Gasteiger partial charge in [0.05, 0.1) is 23.1 Å². The molecule has 2 fully saturated rings. The van der Waals surface area contributed by atoms with E-state index in [0.29, 0.717) is 6.54 Å². The zero-order valence-electron chi connectivity index (χ0n) is 15.5. The molecular formula is C20H28N4O2. The Morgan fingerprint density at radius 2 is 2.19 bits per heavy atom. The van der Waals surface area contributed by atoms with Crippen molar-refractivity contribution in [3.05, 3.63) is 24.3 Å². The number of nitrogens with zero attached hydrogens (tertiary/aromatic N) is 3. The van der Waals surface area contributed by atoms with Gasteiger partial charge < -0.3 is 19.5 Å². The average Bonchev–Trinajstić information content (AvgIpc) is 3.33. The Morgan fingerprint density at radius 3 is 3.00 bits per heavy atom. The zero-order chi connectivity index (χ0) is 17.9. The molecule has 2 aromatic rings. The highest BCUT2D eigenvalue weighted by atomic mass is 16.5. The van der Waals surface area contributed by atoms with Crippen LogP contribution in [0.25, 0.3) is 11.0 Å². The van der Waals surface area contributed by atoms with Crippen LogP contribution in [0.2, 0.25) is 0 Å². The molecule has 1 aromatic carbocycles. The highest BCUT2D eigenvalue weighted by molar-refractivity contribution is 5.81. The lowest BCUT2D eigenvalue weighted by atomic mass is 9.97. The molecule has 0 aliphatic carbocycles. The fraction of sp³-hybridized carbons (Fsp3) is 0.600. The molecule has 0 unspecified atom stereocenters. The summed E-state index contributed by atoms with van der Waals surface area (Å²) in [7, 11) is 0. The van der Waals surface area contributed by atoms with Gasteiger partial charge in [-0.25, -0.2) is 4.98 Å². The number of carbonyl (C=O) groups is 1. The summed E-state index contributed by atoms with van der Waals surface area (Å²) in [6.07, 6.45) is 4.32. The van der Waals surface area contributed by atoms with Crippen molar-refractivity contribution in [2.75, 3.05) is 31.1 Å². The van der Waals surface area contributed by atoms with E-state index in [4.69, 9.17) is 9.72 Å². The number of anilines is 1. The minimum absolute atomic E-state index is 0.0234. The van der Waals surface area contributed by atoms with Crippen molar-refractivity contribution in [1.82, 2.24) is 14.9 Å². The van der Waals surface area contributed by atoms with E-state index in [-0.39, 0.29) is 17.9 Å². The fourth-order valence-electron chi connectivity index (χ4n) is 4.15. The largest absolute Gasteiger partial charge is 0.376 e. The minimum atomic E-state index is 0.0234. The summed E-state index contributed by atoms with van der Waals surface area (Å²) in [5, 5.41) is 3.10. The van der Waals surface area contributed by atoms with Crippen molar-refractivity contribution in [3.8, 4) is 0 Å². The summed E-state index contributed by atoms with van der Waals surface area (Å²) in [4.78, 5) is 19.8. The number of piperidine rings is 1. The summed E-state index contributed by atoms with van der Waals surface area (Å²) in [5.41, 5.74) is 2.18. The van der Waals surface area contributed by atoms with Crippen LogP contribution in [0.4, 0.5) is 5.95 Å². The maximum absolute atomic E-state index is 12.6. The second-order valence-electron chi connectivity index (χ2n) is 7.31. The number of nitrogens with one attached hydrogen (secondary N) is 1. The molecular weight excluding hydrogens is 328 g/mol. The molecule has 2 aliphatic heterocycles. The van der Waals surface area contributed by atoms with Gasteiger partial charge in [-0.15, -0.1) is 0 Å². The molecule has 0 spiro atoms. The van der Waals surface area contributed by atoms with Crippen LogP contribution >= 0.6 is 0 Å². The molecule has 4 rings (SSSR count). The topological polar surface area (TPSA) is 59.4 Å². The number of para-hydroxylation sites is 2. The molecule has 0 bridgehead atoms. The lowest BCUT2D eigenvalue weighted by Crippen LogP contribution is -2.45. The standard InChI is InChI=1S/C20H28N4O2/c1-2-24-18-10-4-3-9-17(18)22-20(24)23-11-5-7-15(14-23)19(25)21-13-16-8-6-12-26-16/h3-4,9-10,15-16H,2,5-8,11-14H2,1H3,(H,21,25)/t15-,16-/m1/s1. The number of aromatic nitrogens is 2. The Kier molecular flexibility index (Phi) is 5.11. The Balaban J connectivity index is 1.45. The molecule has 2 aliphatic rings. The number of hydrogen-bond acceptors (Lipinski definition) is 4. The molecule has 140 valence electrons. The predicted octanol–water partition coefficient (Wildman–Crippen LogP) is 2.57. The van der Waals surface area contributed by atoms with Crippen LogP contribution in [0.1, 0.15) is 32.6 Å². The van der Waals surface area contributed by atoms with Gasteiger partial charge >= 0.3 is 0 Å². The van der Waals surface area contributed by atoms with Crippen molar-refractivity contribution in [1.29, 1.82) is 0 Å². The van der Waals surface area contributed by atoms with Crippen LogP contribution in [0.15, 0.2) is 24.3 Å². The summed E-state index contributed by atoms with van der Waals surface area (Å²) in [6.45, 7) is 6.18. The quantitative estimate of drug-likeness (QED) is 0.894. The lowest BCUT2D eigenvalue weighted by molar-refractivity contribution is -0.125. The normalized spacial score (nSPS) is 23.5. The number of carbonyl (C=O) groups excluding carboxylic acids is 1. The van der Waals surface area contributed by atoms with E-state index >= 15 is 0 Å². The molecule has 2 saturated heterocycles. The van der Waals surface area contributed by atoms with Gasteiger partial charge in [0.15, 0.2) is 0 Å². The summed E-state index contributed by atoms with van der Waals surface area (Å²) in [5.74, 6) is 1.17. The van der Waals surface area contributed by atoms with E-state index in [1.165, 1.54) is 0 Å². The number of hydrogen-bond donors (Lipinski definition) is 1. The van der Waals surface area contributed by atoms with E-state index in [1.54, 1.807) is 0 Å². The van der Waals surface area contributed by atoms with Crippen LogP contribution in [0, 0.1) is 5.92 Å². The number of ether oxygens (including phenoxy) is 1. The Hall–Kier alpha value is -2.08. The number of rotatable bonds is 5. The van der Waals surface area contributed by atoms with Gasteiger partial charge in [-0.2, -0.15) is 0 Å². The van der Waals surface area contributed by atoms with E-state index in [9.17, 15) is 4.79 Å². The van der Waals surface area contributed by atoms with Gasteiger partial charge in [-0.1, -0.05) is 12.1 Å². The van der Waals surface area contributed by atoms with Crippen LogP contribution in [0.5, 0.6) is 0 Å². The number of fused-ring (bicyclic) bond motifs is 1. The lowest BCUT2D eigenvalue weighted by Gasteiger charge is -2.33. The first-order chi connectivity index (χ1) is 12.8. The van der Waals surface area contributed by atoms with E-state index in [2.05, 4.69) is 39.9 Å². The third kappa shape index (κ3) is 3.43. The van der Waals surface area contributed by atoms with Gasteiger partial charge in [0.1, 0.15) is 0 Å². The maximum atomic E-state index is 12.6. The first kappa shape index (κ1) is 17.3. The van der Waals surface area contributed by atoms with Crippen LogP contribution in [-0.2, 0) is 16.1 Å². The van der Waals surface area contributed by atoms with Crippen molar-refractivity contribution >= 4 is 22.9 Å². The van der Waals surface area contributed by atoms with E-state index < -0.39 is 0 Å². The highest BCUT2D eigenvalue weighted by Gasteiger charge is 2.29. The summed E-state index contributed by atoms with van der Waals surface area (Å²) in [6, 6.07) is 8.25. The van der Waals surface area contributed by atoms with Gasteiger partial charge in [0.2, 0.25) is 11.9 Å². The summed E-state index contributed by atoms with van der Waals surface area (Å²) >= 11 is 0. The van der Waals surface area contributed by atoms with Gasteiger partial charge in [-0.3, -0.25) is 4.79 Å². The fourth-order valence-corrected chi connectivity index (χ4v) is 4.15. The predicted molar refractivity (Wildman–Crippen MR) is 102 cm³/mol. The Labute approximate surface area is 154 Å². The van der Waals surface area contributed by atoms with Gasteiger partial charge in [0, 0.05) is 32.8 Å². The zero-order valence-corrected chi connectivity index (χ0v) is 15.5. The molecule has 1 aromatic heterocycles. The Bertz CT molecular complexity index is 766. The molecule has 6 nitrogen and oxygen atoms in total. The number of benzene rings is 1. The first-order valence-electron chi connectivity index (χ1n) is 9.85.